The zero-order valence-electron chi connectivity index (χ0n) is 13.8. The van der Waals surface area contributed by atoms with E-state index in [4.69, 9.17) is 4.74 Å². The summed E-state index contributed by atoms with van der Waals surface area (Å²) in [5.41, 5.74) is 2.93. The molecule has 0 saturated carbocycles. The van der Waals surface area contributed by atoms with E-state index in [2.05, 4.69) is 17.1 Å². The van der Waals surface area contributed by atoms with Crippen molar-refractivity contribution >= 4 is 6.09 Å². The molecule has 1 amide bonds. The molecule has 0 radical (unpaired) electrons. The van der Waals surface area contributed by atoms with Crippen LogP contribution in [0.4, 0.5) is 4.79 Å². The molecule has 0 spiro atoms. The number of aromatic nitrogens is 1. The van der Waals surface area contributed by atoms with E-state index in [1.807, 2.05) is 39.5 Å². The Kier molecular flexibility index (Phi) is 4.55. The van der Waals surface area contributed by atoms with Crippen molar-refractivity contribution in [2.24, 2.45) is 0 Å². The lowest BCUT2D eigenvalue weighted by Crippen LogP contribution is -2.42. The molecule has 0 unspecified atom stereocenters. The van der Waals surface area contributed by atoms with Gasteiger partial charge in [-0.1, -0.05) is 0 Å². The summed E-state index contributed by atoms with van der Waals surface area (Å²) in [4.78, 5) is 18.5. The highest BCUT2D eigenvalue weighted by molar-refractivity contribution is 5.68. The summed E-state index contributed by atoms with van der Waals surface area (Å²) < 4.78 is 5.48. The lowest BCUT2D eigenvalue weighted by Gasteiger charge is -2.34. The quantitative estimate of drug-likeness (QED) is 0.789. The van der Waals surface area contributed by atoms with Gasteiger partial charge >= 0.3 is 6.09 Å². The van der Waals surface area contributed by atoms with E-state index < -0.39 is 5.60 Å². The first kappa shape index (κ1) is 15.8. The number of hydrogen-bond acceptors (Lipinski definition) is 3. The molecule has 1 aromatic rings. The van der Waals surface area contributed by atoms with Crippen LogP contribution in [0.2, 0.25) is 0 Å². The van der Waals surface area contributed by atoms with Crippen LogP contribution >= 0.6 is 0 Å². The molecule has 1 aliphatic rings. The third kappa shape index (κ3) is 4.45. The lowest BCUT2D eigenvalue weighted by molar-refractivity contribution is 0.0198. The summed E-state index contributed by atoms with van der Waals surface area (Å²) >= 11 is 0. The van der Waals surface area contributed by atoms with Crippen molar-refractivity contribution in [3.63, 3.8) is 0 Å². The standard InChI is InChI=1S/C17H26N2O2/c1-12-9-15(10-13(2)18-12)14-7-6-8-19(11-14)16(20)21-17(3,4)5/h9-10,14H,6-8,11H2,1-5H3/t14-/m1/s1. The van der Waals surface area contributed by atoms with E-state index in [1.54, 1.807) is 0 Å². The van der Waals surface area contributed by atoms with Gasteiger partial charge in [0.1, 0.15) is 5.60 Å². The highest BCUT2D eigenvalue weighted by Crippen LogP contribution is 2.28. The molecule has 0 N–H and O–H groups in total. The van der Waals surface area contributed by atoms with Gasteiger partial charge in [-0.25, -0.2) is 4.79 Å². The van der Waals surface area contributed by atoms with Gasteiger partial charge < -0.3 is 9.64 Å². The fourth-order valence-electron chi connectivity index (χ4n) is 2.84. The zero-order valence-corrected chi connectivity index (χ0v) is 13.8. The molecule has 2 rings (SSSR count). The van der Waals surface area contributed by atoms with Crippen LogP contribution in [0, 0.1) is 13.8 Å². The fraction of sp³-hybridized carbons (Fsp3) is 0.647. The van der Waals surface area contributed by atoms with Crippen LogP contribution in [-0.4, -0.2) is 34.7 Å². The van der Waals surface area contributed by atoms with Crippen LogP contribution < -0.4 is 0 Å². The van der Waals surface area contributed by atoms with Gasteiger partial charge in [-0.05, 0) is 65.2 Å². The fourth-order valence-corrected chi connectivity index (χ4v) is 2.84. The number of carbonyl (C=O) groups is 1. The molecule has 1 saturated heterocycles. The third-order valence-corrected chi connectivity index (χ3v) is 3.65. The Bertz CT molecular complexity index is 500. The second kappa shape index (κ2) is 6.04. The molecule has 0 aromatic carbocycles. The smallest absolute Gasteiger partial charge is 0.410 e. The maximum Gasteiger partial charge on any atom is 0.410 e. The SMILES string of the molecule is Cc1cc([C@@H]2CCCN(C(=O)OC(C)(C)C)C2)cc(C)n1. The predicted molar refractivity (Wildman–Crippen MR) is 83.5 cm³/mol. The largest absolute Gasteiger partial charge is 0.444 e. The monoisotopic (exact) mass is 290 g/mol. The molecule has 21 heavy (non-hydrogen) atoms. The molecular weight excluding hydrogens is 264 g/mol. The lowest BCUT2D eigenvalue weighted by atomic mass is 9.90. The Labute approximate surface area is 127 Å². The van der Waals surface area contributed by atoms with Gasteiger partial charge in [-0.2, -0.15) is 0 Å². The van der Waals surface area contributed by atoms with Gasteiger partial charge in [0.15, 0.2) is 0 Å². The first-order chi connectivity index (χ1) is 9.74. The van der Waals surface area contributed by atoms with E-state index in [1.165, 1.54) is 5.56 Å². The number of hydrogen-bond donors (Lipinski definition) is 0. The van der Waals surface area contributed by atoms with Crippen LogP contribution in [0.15, 0.2) is 12.1 Å². The zero-order chi connectivity index (χ0) is 15.6. The molecule has 116 valence electrons. The number of aryl methyl sites for hydroxylation is 2. The minimum Gasteiger partial charge on any atom is -0.444 e. The molecule has 4 heteroatoms. The number of nitrogens with zero attached hydrogens (tertiary/aromatic N) is 2. The second-order valence-electron chi connectivity index (χ2n) is 6.95. The topological polar surface area (TPSA) is 42.4 Å². The summed E-state index contributed by atoms with van der Waals surface area (Å²) in [5, 5.41) is 0. The molecular formula is C17H26N2O2. The highest BCUT2D eigenvalue weighted by atomic mass is 16.6. The first-order valence-electron chi connectivity index (χ1n) is 7.68. The van der Waals surface area contributed by atoms with Gasteiger partial charge in [0, 0.05) is 30.4 Å². The minimum atomic E-state index is -0.437. The maximum atomic E-state index is 12.2. The minimum absolute atomic E-state index is 0.199. The van der Waals surface area contributed by atoms with Crippen molar-refractivity contribution < 1.29 is 9.53 Å². The predicted octanol–water partition coefficient (Wildman–Crippen LogP) is 3.81. The molecule has 0 bridgehead atoms. The van der Waals surface area contributed by atoms with Gasteiger partial charge in [-0.3, -0.25) is 4.98 Å². The molecule has 1 aliphatic heterocycles. The molecule has 0 aliphatic carbocycles. The number of rotatable bonds is 1. The van der Waals surface area contributed by atoms with Crippen molar-refractivity contribution in [2.45, 2.75) is 59.0 Å². The Morgan fingerprint density at radius 2 is 1.90 bits per heavy atom. The second-order valence-corrected chi connectivity index (χ2v) is 6.95. The number of pyridine rings is 1. The van der Waals surface area contributed by atoms with Crippen molar-refractivity contribution in [3.8, 4) is 0 Å². The summed E-state index contributed by atoms with van der Waals surface area (Å²) in [6.45, 7) is 11.3. The van der Waals surface area contributed by atoms with Crippen molar-refractivity contribution in [3.05, 3.63) is 29.1 Å². The van der Waals surface area contributed by atoms with Crippen LogP contribution in [0.1, 0.15) is 56.5 Å². The summed E-state index contributed by atoms with van der Waals surface area (Å²) in [5.74, 6) is 0.381. The molecule has 1 fully saturated rings. The third-order valence-electron chi connectivity index (χ3n) is 3.65. The number of amides is 1. The first-order valence-corrected chi connectivity index (χ1v) is 7.68. The normalized spacial score (nSPS) is 19.5. The average molecular weight is 290 g/mol. The molecule has 1 aromatic heterocycles. The number of ether oxygens (including phenoxy) is 1. The van der Waals surface area contributed by atoms with E-state index in [0.717, 1.165) is 37.3 Å². The van der Waals surface area contributed by atoms with Gasteiger partial charge in [-0.15, -0.1) is 0 Å². The van der Waals surface area contributed by atoms with E-state index >= 15 is 0 Å². The number of piperidine rings is 1. The number of carbonyl (C=O) groups excluding carboxylic acids is 1. The van der Waals surface area contributed by atoms with E-state index in [-0.39, 0.29) is 6.09 Å². The van der Waals surface area contributed by atoms with Gasteiger partial charge in [0.2, 0.25) is 0 Å². The average Bonchev–Trinajstić information content (AvgIpc) is 2.36. The van der Waals surface area contributed by atoms with Crippen molar-refractivity contribution in [2.75, 3.05) is 13.1 Å². The molecule has 2 heterocycles. The van der Waals surface area contributed by atoms with Gasteiger partial charge in [0.25, 0.3) is 0 Å². The summed E-state index contributed by atoms with van der Waals surface area (Å²) in [6.07, 6.45) is 1.93. The summed E-state index contributed by atoms with van der Waals surface area (Å²) in [6, 6.07) is 4.27. The Morgan fingerprint density at radius 1 is 1.29 bits per heavy atom. The molecule has 1 atom stereocenters. The summed E-state index contributed by atoms with van der Waals surface area (Å²) in [7, 11) is 0. The Hall–Kier alpha value is -1.58. The Morgan fingerprint density at radius 3 is 2.48 bits per heavy atom. The van der Waals surface area contributed by atoms with Crippen LogP contribution in [-0.2, 0) is 4.74 Å². The van der Waals surface area contributed by atoms with E-state index in [9.17, 15) is 4.79 Å². The van der Waals surface area contributed by atoms with Crippen LogP contribution in [0.5, 0.6) is 0 Å². The van der Waals surface area contributed by atoms with E-state index in [0.29, 0.717) is 5.92 Å². The van der Waals surface area contributed by atoms with Gasteiger partial charge in [0.05, 0.1) is 0 Å². The van der Waals surface area contributed by atoms with Crippen molar-refractivity contribution in [1.29, 1.82) is 0 Å². The molecule has 4 nitrogen and oxygen atoms in total. The van der Waals surface area contributed by atoms with Crippen LogP contribution in [0.3, 0.4) is 0 Å². The highest BCUT2D eigenvalue weighted by Gasteiger charge is 2.28. The number of likely N-dealkylation sites (tertiary alicyclic amines) is 1. The Balaban J connectivity index is 2.08. The van der Waals surface area contributed by atoms with Crippen molar-refractivity contribution in [1.82, 2.24) is 9.88 Å². The maximum absolute atomic E-state index is 12.2. The van der Waals surface area contributed by atoms with Crippen LogP contribution in [0.25, 0.3) is 0 Å².